The number of rotatable bonds is 5. The van der Waals surface area contributed by atoms with E-state index in [2.05, 4.69) is 5.32 Å². The van der Waals surface area contributed by atoms with Gasteiger partial charge in [-0.2, -0.15) is 0 Å². The molecule has 1 heterocycles. The lowest BCUT2D eigenvalue weighted by atomic mass is 9.94. The van der Waals surface area contributed by atoms with Crippen molar-refractivity contribution in [2.75, 3.05) is 6.54 Å². The van der Waals surface area contributed by atoms with Gasteiger partial charge in [-0.05, 0) is 25.0 Å². The predicted molar refractivity (Wildman–Crippen MR) is 70.0 cm³/mol. The smallest absolute Gasteiger partial charge is 0.371 e. The van der Waals surface area contributed by atoms with E-state index in [9.17, 15) is 9.90 Å². The van der Waals surface area contributed by atoms with E-state index >= 15 is 0 Å². The number of carbonyl (C=O) groups is 1. The minimum atomic E-state index is -1.06. The number of hydrogen-bond acceptors (Lipinski definition) is 4. The van der Waals surface area contributed by atoms with E-state index in [0.717, 1.165) is 25.7 Å². The molecule has 19 heavy (non-hydrogen) atoms. The molecule has 0 amide bonds. The molecule has 5 heteroatoms. The van der Waals surface area contributed by atoms with E-state index in [0.29, 0.717) is 18.8 Å². The first-order valence-electron chi connectivity index (χ1n) is 6.84. The fraction of sp³-hybridized carbons (Fsp3) is 0.643. The van der Waals surface area contributed by atoms with Crippen LogP contribution < -0.4 is 5.32 Å². The van der Waals surface area contributed by atoms with Crippen LogP contribution in [0.4, 0.5) is 0 Å². The summed E-state index contributed by atoms with van der Waals surface area (Å²) < 4.78 is 5.15. The van der Waals surface area contributed by atoms with Crippen LogP contribution in [0.15, 0.2) is 16.5 Å². The maximum atomic E-state index is 10.7. The number of furan rings is 1. The Kier molecular flexibility index (Phi) is 4.61. The molecule has 0 unspecified atom stereocenters. The molecule has 1 saturated carbocycles. The molecular weight excluding hydrogens is 246 g/mol. The summed E-state index contributed by atoms with van der Waals surface area (Å²) in [4.78, 5) is 10.7. The topological polar surface area (TPSA) is 82.7 Å². The Morgan fingerprint density at radius 1 is 1.26 bits per heavy atom. The van der Waals surface area contributed by atoms with Crippen molar-refractivity contribution in [3.05, 3.63) is 23.7 Å². The van der Waals surface area contributed by atoms with E-state index < -0.39 is 11.6 Å². The van der Waals surface area contributed by atoms with Crippen LogP contribution in [-0.2, 0) is 6.54 Å². The molecule has 0 spiro atoms. The van der Waals surface area contributed by atoms with Crippen LogP contribution in [0, 0.1) is 0 Å². The molecule has 2 rings (SSSR count). The van der Waals surface area contributed by atoms with Gasteiger partial charge >= 0.3 is 5.97 Å². The number of aromatic carboxylic acids is 1. The summed E-state index contributed by atoms with van der Waals surface area (Å²) in [6.07, 6.45) is 6.20. The highest BCUT2D eigenvalue weighted by Gasteiger charge is 2.27. The van der Waals surface area contributed by atoms with Crippen LogP contribution >= 0.6 is 0 Å². The molecule has 0 bridgehead atoms. The van der Waals surface area contributed by atoms with Crippen molar-refractivity contribution in [2.45, 2.75) is 50.7 Å². The second-order valence-corrected chi connectivity index (χ2v) is 5.31. The van der Waals surface area contributed by atoms with Crippen LogP contribution in [0.1, 0.15) is 54.8 Å². The molecule has 1 aliphatic carbocycles. The molecule has 0 aliphatic heterocycles. The van der Waals surface area contributed by atoms with Gasteiger partial charge in [-0.3, -0.25) is 0 Å². The van der Waals surface area contributed by atoms with E-state index in [1.165, 1.54) is 18.9 Å². The highest BCUT2D eigenvalue weighted by atomic mass is 16.4. The Morgan fingerprint density at radius 3 is 2.53 bits per heavy atom. The Hall–Kier alpha value is -1.33. The molecule has 1 aliphatic rings. The molecule has 106 valence electrons. The molecule has 0 radical (unpaired) electrons. The van der Waals surface area contributed by atoms with Crippen molar-refractivity contribution in [3.8, 4) is 0 Å². The lowest BCUT2D eigenvalue weighted by molar-refractivity contribution is 0.0246. The lowest BCUT2D eigenvalue weighted by Crippen LogP contribution is -2.39. The van der Waals surface area contributed by atoms with Crippen molar-refractivity contribution < 1.29 is 19.4 Å². The SMILES string of the molecule is O=C(O)c1ccc(CNCC2(O)CCCCCC2)o1. The van der Waals surface area contributed by atoms with Gasteiger partial charge in [0.1, 0.15) is 5.76 Å². The molecule has 3 N–H and O–H groups in total. The van der Waals surface area contributed by atoms with E-state index in [-0.39, 0.29) is 5.76 Å². The Morgan fingerprint density at radius 2 is 1.95 bits per heavy atom. The van der Waals surface area contributed by atoms with Gasteiger partial charge in [0, 0.05) is 6.54 Å². The average Bonchev–Trinajstić information content (AvgIpc) is 2.73. The van der Waals surface area contributed by atoms with Gasteiger partial charge in [-0.15, -0.1) is 0 Å². The van der Waals surface area contributed by atoms with Gasteiger partial charge < -0.3 is 19.9 Å². The predicted octanol–water partition coefficient (Wildman–Crippen LogP) is 2.15. The largest absolute Gasteiger partial charge is 0.475 e. The molecule has 0 saturated heterocycles. The number of carboxylic acid groups (broad SMARTS) is 1. The van der Waals surface area contributed by atoms with E-state index in [1.807, 2.05) is 0 Å². The second kappa shape index (κ2) is 6.21. The zero-order valence-electron chi connectivity index (χ0n) is 11.0. The molecular formula is C14H21NO4. The van der Waals surface area contributed by atoms with Crippen molar-refractivity contribution in [3.63, 3.8) is 0 Å². The van der Waals surface area contributed by atoms with Gasteiger partial charge in [-0.25, -0.2) is 4.79 Å². The third-order valence-electron chi connectivity index (χ3n) is 3.66. The number of aliphatic hydroxyl groups is 1. The third kappa shape index (κ3) is 4.08. The highest BCUT2D eigenvalue weighted by molar-refractivity contribution is 5.84. The molecule has 0 atom stereocenters. The number of carboxylic acids is 1. The first-order valence-corrected chi connectivity index (χ1v) is 6.84. The highest BCUT2D eigenvalue weighted by Crippen LogP contribution is 2.26. The van der Waals surface area contributed by atoms with Crippen LogP contribution in [0.25, 0.3) is 0 Å². The van der Waals surface area contributed by atoms with Crippen molar-refractivity contribution in [2.24, 2.45) is 0 Å². The normalized spacial score (nSPS) is 19.0. The van der Waals surface area contributed by atoms with Gasteiger partial charge in [-0.1, -0.05) is 25.7 Å². The summed E-state index contributed by atoms with van der Waals surface area (Å²) in [6.45, 7) is 0.964. The summed E-state index contributed by atoms with van der Waals surface area (Å²) in [5.74, 6) is -0.534. The standard InChI is InChI=1S/C14H21NO4/c16-13(17)12-6-5-11(19-12)9-15-10-14(18)7-3-1-2-4-8-14/h5-6,15,18H,1-4,7-10H2,(H,16,17). The van der Waals surface area contributed by atoms with Crippen LogP contribution in [-0.4, -0.2) is 28.3 Å². The Balaban J connectivity index is 1.80. The van der Waals surface area contributed by atoms with Gasteiger partial charge in [0.05, 0.1) is 12.1 Å². The minimum Gasteiger partial charge on any atom is -0.475 e. The molecule has 0 aromatic carbocycles. The molecule has 1 aromatic rings. The number of nitrogens with one attached hydrogen (secondary N) is 1. The fourth-order valence-corrected chi connectivity index (χ4v) is 2.57. The third-order valence-corrected chi connectivity index (χ3v) is 3.66. The zero-order chi connectivity index (χ0) is 13.7. The Bertz CT molecular complexity index is 419. The molecule has 1 fully saturated rings. The van der Waals surface area contributed by atoms with Crippen molar-refractivity contribution in [1.29, 1.82) is 0 Å². The van der Waals surface area contributed by atoms with Crippen LogP contribution in [0.5, 0.6) is 0 Å². The first kappa shape index (κ1) is 14.1. The van der Waals surface area contributed by atoms with Gasteiger partial charge in [0.2, 0.25) is 5.76 Å². The average molecular weight is 267 g/mol. The quantitative estimate of drug-likeness (QED) is 0.712. The summed E-state index contributed by atoms with van der Waals surface area (Å²) in [6, 6.07) is 3.09. The van der Waals surface area contributed by atoms with Gasteiger partial charge in [0.15, 0.2) is 0 Å². The molecule has 5 nitrogen and oxygen atoms in total. The maximum Gasteiger partial charge on any atom is 0.371 e. The van der Waals surface area contributed by atoms with Crippen molar-refractivity contribution >= 4 is 5.97 Å². The first-order chi connectivity index (χ1) is 9.09. The van der Waals surface area contributed by atoms with Crippen LogP contribution in [0.2, 0.25) is 0 Å². The van der Waals surface area contributed by atoms with Gasteiger partial charge in [0.25, 0.3) is 0 Å². The summed E-state index contributed by atoms with van der Waals surface area (Å²) in [5.41, 5.74) is -0.626. The number of hydrogen-bond donors (Lipinski definition) is 3. The maximum absolute atomic E-state index is 10.7. The minimum absolute atomic E-state index is 0.0509. The monoisotopic (exact) mass is 267 g/mol. The van der Waals surface area contributed by atoms with Crippen LogP contribution in [0.3, 0.4) is 0 Å². The van der Waals surface area contributed by atoms with E-state index in [1.54, 1.807) is 6.07 Å². The van der Waals surface area contributed by atoms with E-state index in [4.69, 9.17) is 9.52 Å². The zero-order valence-corrected chi connectivity index (χ0v) is 11.0. The Labute approximate surface area is 112 Å². The summed E-state index contributed by atoms with van der Waals surface area (Å²) in [5, 5.41) is 22.3. The summed E-state index contributed by atoms with van der Waals surface area (Å²) in [7, 11) is 0. The fourth-order valence-electron chi connectivity index (χ4n) is 2.57. The van der Waals surface area contributed by atoms with Crippen molar-refractivity contribution in [1.82, 2.24) is 5.32 Å². The summed E-state index contributed by atoms with van der Waals surface area (Å²) >= 11 is 0. The molecule has 1 aromatic heterocycles. The lowest BCUT2D eigenvalue weighted by Gasteiger charge is -2.26. The second-order valence-electron chi connectivity index (χ2n) is 5.31.